The van der Waals surface area contributed by atoms with E-state index >= 15 is 0 Å². The van der Waals surface area contributed by atoms with Crippen molar-refractivity contribution >= 4 is 11.7 Å². The number of aliphatic hydroxyl groups is 1. The molecule has 1 aliphatic heterocycles. The van der Waals surface area contributed by atoms with Crippen molar-refractivity contribution in [1.29, 1.82) is 0 Å². The number of ether oxygens (including phenoxy) is 2. The van der Waals surface area contributed by atoms with E-state index in [1.165, 1.54) is 16.8 Å². The third-order valence-electron chi connectivity index (χ3n) is 7.63. The number of amides is 1. The first-order valence-electron chi connectivity index (χ1n) is 14.1. The normalized spacial score (nSPS) is 18.3. The van der Waals surface area contributed by atoms with Crippen LogP contribution in [-0.2, 0) is 15.1 Å². The van der Waals surface area contributed by atoms with Gasteiger partial charge in [0.1, 0.15) is 23.8 Å². The fraction of sp³-hybridized carbons (Fsp3) is 0.171. The second-order valence-corrected chi connectivity index (χ2v) is 10.3. The molecule has 1 saturated heterocycles. The third kappa shape index (κ3) is 5.89. The van der Waals surface area contributed by atoms with E-state index in [-0.39, 0.29) is 24.8 Å². The van der Waals surface area contributed by atoms with Crippen LogP contribution in [0.15, 0.2) is 138 Å². The number of aliphatic hydroxyl groups excluding tert-OH is 1. The molecule has 0 aliphatic carbocycles. The van der Waals surface area contributed by atoms with Crippen LogP contribution in [0.1, 0.15) is 39.7 Å². The highest BCUT2D eigenvalue weighted by atomic mass is 16.6. The molecule has 2 heterocycles. The van der Waals surface area contributed by atoms with Crippen LogP contribution in [0.4, 0.5) is 5.82 Å². The van der Waals surface area contributed by atoms with Crippen LogP contribution < -0.4 is 11.0 Å². The van der Waals surface area contributed by atoms with E-state index in [1.54, 1.807) is 24.3 Å². The molecule has 8 heteroatoms. The van der Waals surface area contributed by atoms with Crippen molar-refractivity contribution in [2.75, 3.05) is 11.9 Å². The maximum Gasteiger partial charge on any atom is 0.351 e. The Labute approximate surface area is 249 Å². The minimum atomic E-state index is -0.970. The summed E-state index contributed by atoms with van der Waals surface area (Å²) in [5.41, 5.74) is 1.69. The van der Waals surface area contributed by atoms with E-state index in [0.717, 1.165) is 16.7 Å². The minimum absolute atomic E-state index is 0.0593. The topological polar surface area (TPSA) is 103 Å². The van der Waals surface area contributed by atoms with Gasteiger partial charge in [-0.15, -0.1) is 0 Å². The summed E-state index contributed by atoms with van der Waals surface area (Å²) in [6.07, 6.45) is -0.639. The minimum Gasteiger partial charge on any atom is -0.390 e. The molecule has 0 spiro atoms. The van der Waals surface area contributed by atoms with Crippen molar-refractivity contribution in [3.63, 3.8) is 0 Å². The van der Waals surface area contributed by atoms with E-state index in [1.807, 2.05) is 97.1 Å². The van der Waals surface area contributed by atoms with Gasteiger partial charge in [-0.1, -0.05) is 109 Å². The number of hydrogen-bond donors (Lipinski definition) is 2. The summed E-state index contributed by atoms with van der Waals surface area (Å²) in [4.78, 5) is 29.4. The number of hydrogen-bond acceptors (Lipinski definition) is 6. The molecule has 0 saturated carbocycles. The Morgan fingerprint density at radius 2 is 1.35 bits per heavy atom. The van der Waals surface area contributed by atoms with Crippen LogP contribution in [0.25, 0.3) is 0 Å². The quantitative estimate of drug-likeness (QED) is 0.237. The molecule has 4 aromatic carbocycles. The molecule has 0 radical (unpaired) electrons. The molecule has 43 heavy (non-hydrogen) atoms. The van der Waals surface area contributed by atoms with Gasteiger partial charge in [0.15, 0.2) is 0 Å². The van der Waals surface area contributed by atoms with Gasteiger partial charge in [-0.05, 0) is 34.9 Å². The number of carbonyl (C=O) groups excluding carboxylic acids is 1. The van der Waals surface area contributed by atoms with Gasteiger partial charge in [-0.3, -0.25) is 9.36 Å². The van der Waals surface area contributed by atoms with Crippen LogP contribution >= 0.6 is 0 Å². The summed E-state index contributed by atoms with van der Waals surface area (Å²) in [5, 5.41) is 13.7. The zero-order valence-corrected chi connectivity index (χ0v) is 23.3. The van der Waals surface area contributed by atoms with Gasteiger partial charge in [-0.2, -0.15) is 4.98 Å². The monoisotopic (exact) mass is 573 g/mol. The average molecular weight is 574 g/mol. The molecule has 1 aliphatic rings. The third-order valence-corrected chi connectivity index (χ3v) is 7.63. The number of nitrogens with zero attached hydrogens (tertiary/aromatic N) is 2. The van der Waals surface area contributed by atoms with E-state index in [4.69, 9.17) is 9.47 Å². The second kappa shape index (κ2) is 12.5. The molecule has 0 unspecified atom stereocenters. The lowest BCUT2D eigenvalue weighted by atomic mass is 9.80. The van der Waals surface area contributed by atoms with Crippen LogP contribution in [0.2, 0.25) is 0 Å². The second-order valence-electron chi connectivity index (χ2n) is 10.3. The first kappa shape index (κ1) is 28.2. The fourth-order valence-electron chi connectivity index (χ4n) is 5.49. The Morgan fingerprint density at radius 1 is 0.837 bits per heavy atom. The number of aromatic nitrogens is 2. The lowest BCUT2D eigenvalue weighted by Crippen LogP contribution is -2.38. The average Bonchev–Trinajstić information content (AvgIpc) is 3.43. The highest BCUT2D eigenvalue weighted by molar-refractivity contribution is 6.03. The van der Waals surface area contributed by atoms with Crippen LogP contribution in [0.5, 0.6) is 0 Å². The molecule has 8 nitrogen and oxygen atoms in total. The fourth-order valence-corrected chi connectivity index (χ4v) is 5.49. The first-order valence-corrected chi connectivity index (χ1v) is 14.1. The predicted molar refractivity (Wildman–Crippen MR) is 163 cm³/mol. The summed E-state index contributed by atoms with van der Waals surface area (Å²) < 4.78 is 14.3. The number of nitrogens with one attached hydrogen (secondary N) is 1. The van der Waals surface area contributed by atoms with Gasteiger partial charge in [0.2, 0.25) is 0 Å². The maximum atomic E-state index is 12.9. The molecular weight excluding hydrogens is 542 g/mol. The molecular formula is C35H31N3O5. The van der Waals surface area contributed by atoms with Crippen molar-refractivity contribution in [2.45, 2.75) is 30.5 Å². The lowest BCUT2D eigenvalue weighted by Gasteiger charge is -2.37. The van der Waals surface area contributed by atoms with Crippen molar-refractivity contribution < 1.29 is 19.4 Å². The number of rotatable bonds is 9. The molecule has 1 fully saturated rings. The highest BCUT2D eigenvalue weighted by Crippen LogP contribution is 2.41. The Balaban J connectivity index is 1.23. The van der Waals surface area contributed by atoms with Crippen molar-refractivity contribution in [2.24, 2.45) is 0 Å². The molecule has 2 N–H and O–H groups in total. The van der Waals surface area contributed by atoms with Crippen LogP contribution in [0.3, 0.4) is 0 Å². The summed E-state index contributed by atoms with van der Waals surface area (Å²) >= 11 is 0. The summed E-state index contributed by atoms with van der Waals surface area (Å²) in [7, 11) is 0. The molecule has 3 atom stereocenters. The Hall–Kier alpha value is -4.89. The maximum absolute atomic E-state index is 12.9. The predicted octanol–water partition coefficient (Wildman–Crippen LogP) is 5.15. The van der Waals surface area contributed by atoms with Gasteiger partial charge in [0.25, 0.3) is 5.91 Å². The summed E-state index contributed by atoms with van der Waals surface area (Å²) in [5.74, 6) is -0.236. The smallest absolute Gasteiger partial charge is 0.351 e. The van der Waals surface area contributed by atoms with Gasteiger partial charge < -0.3 is 19.9 Å². The largest absolute Gasteiger partial charge is 0.390 e. The Kier molecular flexibility index (Phi) is 8.24. The number of carbonyl (C=O) groups is 1. The van der Waals surface area contributed by atoms with E-state index in [2.05, 4.69) is 10.3 Å². The Morgan fingerprint density at radius 3 is 1.86 bits per heavy atom. The molecule has 0 bridgehead atoms. The number of anilines is 1. The molecule has 216 valence electrons. The van der Waals surface area contributed by atoms with Crippen LogP contribution in [-0.4, -0.2) is 39.4 Å². The first-order chi connectivity index (χ1) is 21.0. The van der Waals surface area contributed by atoms with Gasteiger partial charge in [0.05, 0.1) is 12.7 Å². The molecule has 5 aromatic rings. The molecule has 1 aromatic heterocycles. The van der Waals surface area contributed by atoms with Crippen molar-refractivity contribution in [3.05, 3.63) is 166 Å². The van der Waals surface area contributed by atoms with E-state index < -0.39 is 29.7 Å². The van der Waals surface area contributed by atoms with E-state index in [9.17, 15) is 14.7 Å². The zero-order chi connectivity index (χ0) is 29.6. The summed E-state index contributed by atoms with van der Waals surface area (Å²) in [6, 6.07) is 40.1. The van der Waals surface area contributed by atoms with Crippen LogP contribution in [0, 0.1) is 0 Å². The van der Waals surface area contributed by atoms with Gasteiger partial charge in [0, 0.05) is 18.2 Å². The molecule has 6 rings (SSSR count). The van der Waals surface area contributed by atoms with Gasteiger partial charge in [-0.25, -0.2) is 4.79 Å². The zero-order valence-electron chi connectivity index (χ0n) is 23.3. The highest BCUT2D eigenvalue weighted by Gasteiger charge is 2.41. The molecule has 1 amide bonds. The van der Waals surface area contributed by atoms with Crippen molar-refractivity contribution in [1.82, 2.24) is 9.55 Å². The SMILES string of the molecule is O=C(Nc1ccn([C@H]2C[C@@H](O)[C@@H](COC(c3ccccc3)(c3ccccc3)c3ccccc3)O2)c(=O)n1)c1ccccc1. The van der Waals surface area contributed by atoms with Crippen molar-refractivity contribution in [3.8, 4) is 0 Å². The van der Waals surface area contributed by atoms with E-state index in [0.29, 0.717) is 5.56 Å². The standard InChI is InChI=1S/C35H31N3O5/c39-29-23-32(38-22-21-31(37-34(38)41)36-33(40)25-13-5-1-6-14-25)43-30(29)24-42-35(26-15-7-2-8-16-26,27-17-9-3-10-18-27)28-19-11-4-12-20-28/h1-22,29-30,32,39H,23-24H2,(H,36,37,40,41)/t29-,30-,32-/m1/s1. The van der Waals surface area contributed by atoms with Gasteiger partial charge >= 0.3 is 5.69 Å². The Bertz CT molecular complexity index is 1620. The number of benzene rings is 4. The summed E-state index contributed by atoms with van der Waals surface area (Å²) in [6.45, 7) is 0.0593. The lowest BCUT2D eigenvalue weighted by molar-refractivity contribution is -0.0943.